The van der Waals surface area contributed by atoms with Crippen molar-refractivity contribution in [2.45, 2.75) is 25.1 Å². The number of amides is 1. The highest BCUT2D eigenvalue weighted by Gasteiger charge is 2.17. The van der Waals surface area contributed by atoms with Crippen LogP contribution in [-0.2, 0) is 4.79 Å². The lowest BCUT2D eigenvalue weighted by molar-refractivity contribution is -0.115. The molecule has 0 aliphatic carbocycles. The van der Waals surface area contributed by atoms with E-state index in [2.05, 4.69) is 10.2 Å². The molecule has 1 rings (SSSR count). The molecule has 0 radical (unpaired) electrons. The van der Waals surface area contributed by atoms with Crippen LogP contribution in [0.3, 0.4) is 0 Å². The normalized spacial score (nSPS) is 13.1. The first-order valence-electron chi connectivity index (χ1n) is 4.50. The van der Waals surface area contributed by atoms with Gasteiger partial charge in [-0.3, -0.25) is 4.79 Å². The first kappa shape index (κ1) is 12.0. The van der Waals surface area contributed by atoms with E-state index in [4.69, 9.17) is 15.9 Å². The van der Waals surface area contributed by atoms with Crippen LogP contribution >= 0.6 is 11.8 Å². The van der Waals surface area contributed by atoms with E-state index in [1.54, 1.807) is 0 Å². The van der Waals surface area contributed by atoms with Gasteiger partial charge in [-0.2, -0.15) is 0 Å². The number of rotatable bonds is 5. The largest absolute Gasteiger partial charge is 0.414 e. The standard InChI is InChI=1S/C8H14N4O2S/c1-4(2)6(10)7-11-12-8(14-7)15-3-5(9)13/h4,6H,3,10H2,1-2H3,(H2,9,13)/t6-/m1/s1. The summed E-state index contributed by atoms with van der Waals surface area (Å²) in [5.41, 5.74) is 10.8. The molecule has 0 saturated carbocycles. The van der Waals surface area contributed by atoms with Gasteiger partial charge in [0.15, 0.2) is 0 Å². The van der Waals surface area contributed by atoms with Crippen molar-refractivity contribution in [1.82, 2.24) is 10.2 Å². The van der Waals surface area contributed by atoms with Gasteiger partial charge < -0.3 is 15.9 Å². The van der Waals surface area contributed by atoms with Crippen LogP contribution in [0.25, 0.3) is 0 Å². The van der Waals surface area contributed by atoms with Crippen LogP contribution in [0.2, 0.25) is 0 Å². The van der Waals surface area contributed by atoms with Gasteiger partial charge in [-0.1, -0.05) is 25.6 Å². The minimum Gasteiger partial charge on any atom is -0.414 e. The Bertz CT molecular complexity index is 339. The SMILES string of the molecule is CC(C)[C@@H](N)c1nnc(SCC(N)=O)o1. The van der Waals surface area contributed by atoms with Gasteiger partial charge in [0.25, 0.3) is 5.22 Å². The number of aromatic nitrogens is 2. The second kappa shape index (κ2) is 5.13. The third-order valence-corrected chi connectivity index (χ3v) is 2.60. The summed E-state index contributed by atoms with van der Waals surface area (Å²) in [6.07, 6.45) is 0. The Balaban J connectivity index is 2.60. The highest BCUT2D eigenvalue weighted by Crippen LogP contribution is 2.21. The summed E-state index contributed by atoms with van der Waals surface area (Å²) in [4.78, 5) is 10.5. The quantitative estimate of drug-likeness (QED) is 0.704. The lowest BCUT2D eigenvalue weighted by Gasteiger charge is -2.09. The lowest BCUT2D eigenvalue weighted by Crippen LogP contribution is -2.16. The Morgan fingerprint density at radius 3 is 2.73 bits per heavy atom. The molecule has 0 unspecified atom stereocenters. The Morgan fingerprint density at radius 2 is 2.20 bits per heavy atom. The fourth-order valence-electron chi connectivity index (χ4n) is 0.831. The van der Waals surface area contributed by atoms with E-state index >= 15 is 0 Å². The lowest BCUT2D eigenvalue weighted by atomic mass is 10.1. The number of carbonyl (C=O) groups is 1. The van der Waals surface area contributed by atoms with Crippen LogP contribution in [0, 0.1) is 5.92 Å². The molecule has 1 amide bonds. The number of carbonyl (C=O) groups excluding carboxylic acids is 1. The first-order valence-corrected chi connectivity index (χ1v) is 5.49. The maximum absolute atomic E-state index is 10.5. The molecule has 7 heteroatoms. The van der Waals surface area contributed by atoms with Gasteiger partial charge in [0.2, 0.25) is 11.8 Å². The van der Waals surface area contributed by atoms with Crippen LogP contribution in [0.1, 0.15) is 25.8 Å². The molecule has 0 spiro atoms. The molecule has 0 aliphatic rings. The smallest absolute Gasteiger partial charge is 0.277 e. The number of thioether (sulfide) groups is 1. The third kappa shape index (κ3) is 3.52. The monoisotopic (exact) mass is 230 g/mol. The first-order chi connectivity index (χ1) is 7.00. The highest BCUT2D eigenvalue weighted by molar-refractivity contribution is 7.99. The Labute approximate surface area is 91.8 Å². The van der Waals surface area contributed by atoms with Gasteiger partial charge in [-0.15, -0.1) is 10.2 Å². The van der Waals surface area contributed by atoms with Gasteiger partial charge >= 0.3 is 0 Å². The molecule has 1 aromatic heterocycles. The van der Waals surface area contributed by atoms with Gasteiger partial charge in [-0.05, 0) is 5.92 Å². The Kier molecular flexibility index (Phi) is 4.10. The second-order valence-electron chi connectivity index (χ2n) is 3.43. The molecule has 4 N–H and O–H groups in total. The molecule has 1 aromatic rings. The van der Waals surface area contributed by atoms with Crippen LogP contribution in [0.4, 0.5) is 0 Å². The van der Waals surface area contributed by atoms with Crippen LogP contribution in [-0.4, -0.2) is 21.9 Å². The fourth-order valence-corrected chi connectivity index (χ4v) is 1.34. The Morgan fingerprint density at radius 1 is 1.53 bits per heavy atom. The fraction of sp³-hybridized carbons (Fsp3) is 0.625. The summed E-state index contributed by atoms with van der Waals surface area (Å²) in [7, 11) is 0. The van der Waals surface area contributed by atoms with Gasteiger partial charge in [0, 0.05) is 0 Å². The number of hydrogen-bond acceptors (Lipinski definition) is 6. The number of primary amides is 1. The van der Waals surface area contributed by atoms with Crippen molar-refractivity contribution in [2.24, 2.45) is 17.4 Å². The molecular formula is C8H14N4O2S. The summed E-state index contributed by atoms with van der Waals surface area (Å²) in [6, 6.07) is -0.277. The van der Waals surface area contributed by atoms with Crippen molar-refractivity contribution in [3.05, 3.63) is 5.89 Å². The molecule has 0 saturated heterocycles. The molecular weight excluding hydrogens is 216 g/mol. The number of nitrogens with zero attached hydrogens (tertiary/aromatic N) is 2. The van der Waals surface area contributed by atoms with E-state index in [9.17, 15) is 4.79 Å². The molecule has 6 nitrogen and oxygen atoms in total. The van der Waals surface area contributed by atoms with Gasteiger partial charge in [0.1, 0.15) is 0 Å². The van der Waals surface area contributed by atoms with E-state index in [1.807, 2.05) is 13.8 Å². The topological polar surface area (TPSA) is 108 Å². The van der Waals surface area contributed by atoms with E-state index in [-0.39, 0.29) is 17.7 Å². The number of hydrogen-bond donors (Lipinski definition) is 2. The van der Waals surface area contributed by atoms with Gasteiger partial charge in [-0.25, -0.2) is 0 Å². The number of nitrogens with two attached hydrogens (primary N) is 2. The molecule has 1 heterocycles. The third-order valence-electron chi connectivity index (χ3n) is 1.76. The minimum atomic E-state index is -0.423. The molecule has 84 valence electrons. The highest BCUT2D eigenvalue weighted by atomic mass is 32.2. The van der Waals surface area contributed by atoms with E-state index in [0.29, 0.717) is 11.1 Å². The van der Waals surface area contributed by atoms with E-state index in [0.717, 1.165) is 11.8 Å². The summed E-state index contributed by atoms with van der Waals surface area (Å²) < 4.78 is 5.27. The van der Waals surface area contributed by atoms with E-state index < -0.39 is 5.91 Å². The zero-order chi connectivity index (χ0) is 11.4. The maximum atomic E-state index is 10.5. The Hall–Kier alpha value is -1.08. The zero-order valence-electron chi connectivity index (χ0n) is 8.64. The van der Waals surface area contributed by atoms with Crippen molar-refractivity contribution >= 4 is 17.7 Å². The zero-order valence-corrected chi connectivity index (χ0v) is 9.45. The molecule has 0 aliphatic heterocycles. The molecule has 15 heavy (non-hydrogen) atoms. The van der Waals surface area contributed by atoms with Crippen molar-refractivity contribution < 1.29 is 9.21 Å². The second-order valence-corrected chi connectivity index (χ2v) is 4.36. The average molecular weight is 230 g/mol. The predicted molar refractivity (Wildman–Crippen MR) is 56.0 cm³/mol. The molecule has 0 bridgehead atoms. The van der Waals surface area contributed by atoms with E-state index in [1.165, 1.54) is 0 Å². The van der Waals surface area contributed by atoms with Crippen molar-refractivity contribution in [2.75, 3.05) is 5.75 Å². The summed E-state index contributed by atoms with van der Waals surface area (Å²) in [5, 5.41) is 7.87. The van der Waals surface area contributed by atoms with Crippen LogP contribution in [0.15, 0.2) is 9.64 Å². The van der Waals surface area contributed by atoms with Crippen LogP contribution < -0.4 is 11.5 Å². The summed E-state index contributed by atoms with van der Waals surface area (Å²) in [5.74, 6) is 0.308. The van der Waals surface area contributed by atoms with Crippen molar-refractivity contribution in [3.8, 4) is 0 Å². The maximum Gasteiger partial charge on any atom is 0.277 e. The average Bonchev–Trinajstić information content (AvgIpc) is 2.61. The minimum absolute atomic E-state index is 0.124. The molecule has 0 aromatic carbocycles. The molecule has 1 atom stereocenters. The predicted octanol–water partition coefficient (Wildman–Crippen LogP) is 0.303. The van der Waals surface area contributed by atoms with Crippen LogP contribution in [0.5, 0.6) is 0 Å². The summed E-state index contributed by atoms with van der Waals surface area (Å²) in [6.45, 7) is 3.93. The molecule has 0 fully saturated rings. The van der Waals surface area contributed by atoms with Gasteiger partial charge in [0.05, 0.1) is 11.8 Å². The van der Waals surface area contributed by atoms with Crippen molar-refractivity contribution in [3.63, 3.8) is 0 Å². The summed E-state index contributed by atoms with van der Waals surface area (Å²) >= 11 is 1.11. The van der Waals surface area contributed by atoms with Crippen molar-refractivity contribution in [1.29, 1.82) is 0 Å².